The van der Waals surface area contributed by atoms with Crippen LogP contribution in [0.2, 0.25) is 8.67 Å². The number of aromatic nitrogens is 2. The molecule has 1 amide bonds. The monoisotopic (exact) mass is 461 g/mol. The zero-order chi connectivity index (χ0) is 20.5. The van der Waals surface area contributed by atoms with Crippen LogP contribution >= 0.6 is 45.9 Å². The fraction of sp³-hybridized carbons (Fsp3) is 0.190. The van der Waals surface area contributed by atoms with Crippen LogP contribution in [0.3, 0.4) is 0 Å². The molecule has 0 spiro atoms. The number of thiazole rings is 1. The van der Waals surface area contributed by atoms with Crippen molar-refractivity contribution in [2.45, 2.75) is 26.3 Å². The summed E-state index contributed by atoms with van der Waals surface area (Å²) in [7, 11) is 0. The molecule has 1 aromatic carbocycles. The Bertz CT molecular complexity index is 1170. The number of hydrogen-bond acceptors (Lipinski definition) is 5. The summed E-state index contributed by atoms with van der Waals surface area (Å²) in [5.74, 6) is 0.105. The Hall–Kier alpha value is -1.99. The molecule has 29 heavy (non-hydrogen) atoms. The molecule has 0 saturated carbocycles. The Morgan fingerprint density at radius 1 is 1.17 bits per heavy atom. The van der Waals surface area contributed by atoms with E-state index in [1.165, 1.54) is 22.7 Å². The SMILES string of the molecule is CC(C)c1cccc2sc(N(Cc3cccnc3)C(=O)c3cc(Cl)sc3Cl)nc12. The van der Waals surface area contributed by atoms with Gasteiger partial charge in [0.25, 0.3) is 5.91 Å². The minimum atomic E-state index is -0.229. The molecule has 0 radical (unpaired) electrons. The van der Waals surface area contributed by atoms with Crippen LogP contribution in [0.15, 0.2) is 48.8 Å². The van der Waals surface area contributed by atoms with Crippen LogP contribution in [0.5, 0.6) is 0 Å². The average Bonchev–Trinajstić information content (AvgIpc) is 3.28. The summed E-state index contributed by atoms with van der Waals surface area (Å²) in [5, 5.41) is 0.625. The molecule has 0 aliphatic heterocycles. The summed E-state index contributed by atoms with van der Waals surface area (Å²) in [5.41, 5.74) is 3.38. The molecule has 0 atom stereocenters. The lowest BCUT2D eigenvalue weighted by atomic mass is 10.0. The van der Waals surface area contributed by atoms with Crippen molar-refractivity contribution in [3.8, 4) is 0 Å². The second-order valence-corrected chi connectivity index (χ2v) is 10.1. The van der Waals surface area contributed by atoms with E-state index < -0.39 is 0 Å². The number of halogens is 2. The maximum Gasteiger partial charge on any atom is 0.262 e. The van der Waals surface area contributed by atoms with E-state index in [-0.39, 0.29) is 5.91 Å². The van der Waals surface area contributed by atoms with Crippen molar-refractivity contribution in [2.75, 3.05) is 4.90 Å². The highest BCUT2D eigenvalue weighted by atomic mass is 35.5. The van der Waals surface area contributed by atoms with Crippen molar-refractivity contribution in [3.05, 3.63) is 74.2 Å². The Balaban J connectivity index is 1.82. The first-order chi connectivity index (χ1) is 13.9. The van der Waals surface area contributed by atoms with Gasteiger partial charge in [0.2, 0.25) is 0 Å². The predicted octanol–water partition coefficient (Wildman–Crippen LogP) is 7.03. The number of pyridine rings is 1. The summed E-state index contributed by atoms with van der Waals surface area (Å²) >= 11 is 15.0. The fourth-order valence-corrected chi connectivity index (χ4v) is 5.52. The Kier molecular flexibility index (Phi) is 5.88. The van der Waals surface area contributed by atoms with Gasteiger partial charge in [0, 0.05) is 12.4 Å². The summed E-state index contributed by atoms with van der Waals surface area (Å²) in [6.45, 7) is 4.62. The lowest BCUT2D eigenvalue weighted by Crippen LogP contribution is -2.30. The summed E-state index contributed by atoms with van der Waals surface area (Å²) in [6, 6.07) is 11.5. The van der Waals surface area contributed by atoms with Crippen LogP contribution in [0.25, 0.3) is 10.2 Å². The van der Waals surface area contributed by atoms with Gasteiger partial charge in [0.15, 0.2) is 5.13 Å². The van der Waals surface area contributed by atoms with Crippen molar-refractivity contribution in [3.63, 3.8) is 0 Å². The lowest BCUT2D eigenvalue weighted by Gasteiger charge is -2.19. The number of thiophene rings is 1. The molecular formula is C21H17Cl2N3OS2. The highest BCUT2D eigenvalue weighted by Crippen LogP contribution is 2.37. The van der Waals surface area contributed by atoms with Gasteiger partial charge < -0.3 is 0 Å². The number of para-hydroxylation sites is 1. The smallest absolute Gasteiger partial charge is 0.262 e. The van der Waals surface area contributed by atoms with Gasteiger partial charge in [-0.2, -0.15) is 0 Å². The molecule has 4 nitrogen and oxygen atoms in total. The van der Waals surface area contributed by atoms with Gasteiger partial charge >= 0.3 is 0 Å². The number of benzene rings is 1. The first-order valence-electron chi connectivity index (χ1n) is 8.99. The third-order valence-electron chi connectivity index (χ3n) is 4.49. The molecule has 148 valence electrons. The topological polar surface area (TPSA) is 46.1 Å². The number of anilines is 1. The number of carbonyl (C=O) groups excluding carboxylic acids is 1. The molecule has 0 aliphatic carbocycles. The second kappa shape index (κ2) is 8.40. The highest BCUT2D eigenvalue weighted by Gasteiger charge is 2.26. The van der Waals surface area contributed by atoms with E-state index in [2.05, 4.69) is 24.9 Å². The molecule has 3 heterocycles. The largest absolute Gasteiger partial charge is 0.279 e. The molecule has 0 aliphatic rings. The fourth-order valence-electron chi connectivity index (χ4n) is 3.07. The maximum atomic E-state index is 13.4. The zero-order valence-electron chi connectivity index (χ0n) is 15.7. The normalized spacial score (nSPS) is 11.3. The van der Waals surface area contributed by atoms with E-state index in [1.54, 1.807) is 23.4 Å². The Labute approximate surface area is 186 Å². The average molecular weight is 462 g/mol. The Morgan fingerprint density at radius 3 is 2.66 bits per heavy atom. The van der Waals surface area contributed by atoms with Crippen molar-refractivity contribution >= 4 is 67.1 Å². The molecule has 0 bridgehead atoms. The van der Waals surface area contributed by atoms with E-state index in [9.17, 15) is 4.79 Å². The molecule has 0 saturated heterocycles. The lowest BCUT2D eigenvalue weighted by molar-refractivity contribution is 0.0985. The summed E-state index contributed by atoms with van der Waals surface area (Å²) in [6.07, 6.45) is 3.45. The van der Waals surface area contributed by atoms with Gasteiger partial charge in [-0.3, -0.25) is 14.7 Å². The van der Waals surface area contributed by atoms with Gasteiger partial charge in [0.1, 0.15) is 4.34 Å². The molecule has 3 aromatic heterocycles. The summed E-state index contributed by atoms with van der Waals surface area (Å²) < 4.78 is 1.90. The second-order valence-electron chi connectivity index (χ2n) is 6.84. The van der Waals surface area contributed by atoms with E-state index in [4.69, 9.17) is 28.2 Å². The van der Waals surface area contributed by atoms with E-state index in [1.807, 2.05) is 24.3 Å². The number of nitrogens with zero attached hydrogens (tertiary/aromatic N) is 3. The molecule has 8 heteroatoms. The van der Waals surface area contributed by atoms with Crippen LogP contribution in [0.4, 0.5) is 5.13 Å². The van der Waals surface area contributed by atoms with E-state index in [0.29, 0.717) is 31.8 Å². The van der Waals surface area contributed by atoms with Crippen LogP contribution in [-0.2, 0) is 6.54 Å². The van der Waals surface area contributed by atoms with Crippen LogP contribution in [-0.4, -0.2) is 15.9 Å². The minimum Gasteiger partial charge on any atom is -0.279 e. The van der Waals surface area contributed by atoms with Gasteiger partial charge in [0.05, 0.1) is 26.7 Å². The van der Waals surface area contributed by atoms with Gasteiger partial charge in [-0.05, 0) is 35.2 Å². The van der Waals surface area contributed by atoms with Gasteiger partial charge in [-0.15, -0.1) is 11.3 Å². The van der Waals surface area contributed by atoms with Crippen LogP contribution in [0.1, 0.15) is 41.3 Å². The first-order valence-corrected chi connectivity index (χ1v) is 11.4. The third-order valence-corrected chi connectivity index (χ3v) is 7.02. The van der Waals surface area contributed by atoms with Gasteiger partial charge in [-0.25, -0.2) is 4.98 Å². The molecule has 4 aromatic rings. The number of carbonyl (C=O) groups is 1. The molecular weight excluding hydrogens is 445 g/mol. The number of rotatable bonds is 5. The zero-order valence-corrected chi connectivity index (χ0v) is 18.9. The minimum absolute atomic E-state index is 0.229. The summed E-state index contributed by atoms with van der Waals surface area (Å²) in [4.78, 5) is 24.1. The number of fused-ring (bicyclic) bond motifs is 1. The van der Waals surface area contributed by atoms with Crippen LogP contribution < -0.4 is 4.90 Å². The van der Waals surface area contributed by atoms with Crippen molar-refractivity contribution in [1.29, 1.82) is 0 Å². The standard InChI is InChI=1S/C21H17Cl2N3OS2/c1-12(2)14-6-3-7-16-18(14)25-21(28-16)26(11-13-5-4-8-24-10-13)20(27)15-9-17(22)29-19(15)23/h3-10,12H,11H2,1-2H3. The third kappa shape index (κ3) is 4.16. The maximum absolute atomic E-state index is 13.4. The van der Waals surface area contributed by atoms with Crippen molar-refractivity contribution in [1.82, 2.24) is 9.97 Å². The molecule has 4 rings (SSSR count). The quantitative estimate of drug-likeness (QED) is 0.320. The van der Waals surface area contributed by atoms with Crippen LogP contribution in [0, 0.1) is 0 Å². The first kappa shape index (κ1) is 20.3. The highest BCUT2D eigenvalue weighted by molar-refractivity contribution is 7.22. The van der Waals surface area contributed by atoms with Crippen molar-refractivity contribution < 1.29 is 4.79 Å². The number of amides is 1. The van der Waals surface area contributed by atoms with E-state index in [0.717, 1.165) is 21.3 Å². The predicted molar refractivity (Wildman–Crippen MR) is 123 cm³/mol. The molecule has 0 unspecified atom stereocenters. The molecule has 0 N–H and O–H groups in total. The van der Waals surface area contributed by atoms with E-state index >= 15 is 0 Å². The Morgan fingerprint density at radius 2 is 2.00 bits per heavy atom. The van der Waals surface area contributed by atoms with Gasteiger partial charge in [-0.1, -0.05) is 66.6 Å². The van der Waals surface area contributed by atoms with Crippen molar-refractivity contribution in [2.24, 2.45) is 0 Å². The molecule has 0 fully saturated rings. The number of hydrogen-bond donors (Lipinski definition) is 0.